The number of aromatic nitrogens is 3. The van der Waals surface area contributed by atoms with Crippen molar-refractivity contribution in [3.63, 3.8) is 0 Å². The van der Waals surface area contributed by atoms with Crippen LogP contribution in [0.25, 0.3) is 88.7 Å². The lowest BCUT2D eigenvalue weighted by molar-refractivity contribution is 1.08. The van der Waals surface area contributed by atoms with E-state index in [1.54, 1.807) is 0 Å². The van der Waals surface area contributed by atoms with E-state index in [9.17, 15) is 0 Å². The van der Waals surface area contributed by atoms with Crippen molar-refractivity contribution in [1.82, 2.24) is 15.0 Å². The number of rotatable bonds is 5. The molecule has 9 aromatic rings. The van der Waals surface area contributed by atoms with Gasteiger partial charge in [0.1, 0.15) is 0 Å². The highest BCUT2D eigenvalue weighted by Crippen LogP contribution is 2.40. The summed E-state index contributed by atoms with van der Waals surface area (Å²) in [6, 6.07) is 61.6. The van der Waals surface area contributed by atoms with Gasteiger partial charge in [0.15, 0.2) is 17.5 Å². The first-order chi connectivity index (χ1) is 23.8. The molecule has 0 aliphatic carbocycles. The molecule has 1 aromatic heterocycles. The first-order valence-corrected chi connectivity index (χ1v) is 16.2. The molecule has 1 heterocycles. The van der Waals surface area contributed by atoms with E-state index < -0.39 is 0 Å². The zero-order valence-electron chi connectivity index (χ0n) is 26.1. The number of nitrogens with zero attached hydrogens (tertiary/aromatic N) is 3. The summed E-state index contributed by atoms with van der Waals surface area (Å²) in [5.74, 6) is 1.94. The Kier molecular flexibility index (Phi) is 6.80. The predicted molar refractivity (Wildman–Crippen MR) is 200 cm³/mol. The zero-order valence-corrected chi connectivity index (χ0v) is 26.1. The lowest BCUT2D eigenvalue weighted by Gasteiger charge is -2.16. The van der Waals surface area contributed by atoms with E-state index >= 15 is 0 Å². The average Bonchev–Trinajstić information content (AvgIpc) is 3.17. The number of hydrogen-bond acceptors (Lipinski definition) is 3. The third-order valence-corrected chi connectivity index (χ3v) is 9.11. The smallest absolute Gasteiger partial charge is 0.165 e. The Balaban J connectivity index is 1.31. The second kappa shape index (κ2) is 11.7. The minimum Gasteiger partial charge on any atom is -0.208 e. The molecule has 3 nitrogen and oxygen atoms in total. The van der Waals surface area contributed by atoms with Crippen molar-refractivity contribution < 1.29 is 0 Å². The van der Waals surface area contributed by atoms with Gasteiger partial charge in [-0.3, -0.25) is 0 Å². The Morgan fingerprint density at radius 2 is 0.812 bits per heavy atom. The molecule has 0 aliphatic heterocycles. The zero-order chi connectivity index (χ0) is 31.9. The van der Waals surface area contributed by atoms with Crippen molar-refractivity contribution in [3.05, 3.63) is 176 Å². The summed E-state index contributed by atoms with van der Waals surface area (Å²) in [5.41, 5.74) is 7.48. The first kappa shape index (κ1) is 27.8. The highest BCUT2D eigenvalue weighted by atomic mass is 15.0. The summed E-state index contributed by atoms with van der Waals surface area (Å²) >= 11 is 0. The van der Waals surface area contributed by atoms with E-state index in [0.29, 0.717) is 17.5 Å². The molecule has 3 heteroatoms. The maximum absolute atomic E-state index is 5.34. The van der Waals surface area contributed by atoms with E-state index in [1.165, 1.54) is 21.9 Å². The van der Waals surface area contributed by atoms with Gasteiger partial charge in [0.2, 0.25) is 0 Å². The van der Waals surface area contributed by atoms with Crippen LogP contribution in [-0.2, 0) is 0 Å². The third-order valence-electron chi connectivity index (χ3n) is 9.11. The molecule has 0 atom stereocenters. The van der Waals surface area contributed by atoms with E-state index in [-0.39, 0.29) is 0 Å². The Labute approximate surface area is 278 Å². The van der Waals surface area contributed by atoms with Gasteiger partial charge in [0.25, 0.3) is 0 Å². The van der Waals surface area contributed by atoms with Crippen LogP contribution in [0.1, 0.15) is 0 Å². The summed E-state index contributed by atoms with van der Waals surface area (Å²) in [6.45, 7) is 0. The lowest BCUT2D eigenvalue weighted by atomic mass is 9.92. The summed E-state index contributed by atoms with van der Waals surface area (Å²) < 4.78 is 0. The molecule has 0 bridgehead atoms. The van der Waals surface area contributed by atoms with Crippen LogP contribution in [0.2, 0.25) is 0 Å². The molecule has 48 heavy (non-hydrogen) atoms. The van der Waals surface area contributed by atoms with Crippen molar-refractivity contribution in [1.29, 1.82) is 0 Å². The van der Waals surface area contributed by atoms with Crippen LogP contribution >= 0.6 is 0 Å². The molecule has 0 aliphatic rings. The van der Waals surface area contributed by atoms with Crippen LogP contribution in [0.15, 0.2) is 176 Å². The number of benzene rings is 8. The molecule has 8 aromatic carbocycles. The molecule has 0 spiro atoms. The molecule has 224 valence electrons. The first-order valence-electron chi connectivity index (χ1n) is 16.2. The highest BCUT2D eigenvalue weighted by Gasteiger charge is 2.20. The maximum Gasteiger partial charge on any atom is 0.165 e. The highest BCUT2D eigenvalue weighted by molar-refractivity contribution is 6.21. The molecule has 9 rings (SSSR count). The molecule has 0 fully saturated rings. The Morgan fingerprint density at radius 3 is 1.58 bits per heavy atom. The average molecular weight is 612 g/mol. The van der Waals surface area contributed by atoms with Gasteiger partial charge in [-0.2, -0.15) is 0 Å². The second-order valence-electron chi connectivity index (χ2n) is 12.0. The minimum absolute atomic E-state index is 0.642. The van der Waals surface area contributed by atoms with Crippen molar-refractivity contribution in [2.45, 2.75) is 0 Å². The van der Waals surface area contributed by atoms with Crippen molar-refractivity contribution in [2.24, 2.45) is 0 Å². The molecule has 0 amide bonds. The second-order valence-corrected chi connectivity index (χ2v) is 12.0. The van der Waals surface area contributed by atoms with Crippen LogP contribution in [0, 0.1) is 0 Å². The largest absolute Gasteiger partial charge is 0.208 e. The van der Waals surface area contributed by atoms with Gasteiger partial charge >= 0.3 is 0 Å². The fourth-order valence-electron chi connectivity index (χ4n) is 6.80. The Morgan fingerprint density at radius 1 is 0.292 bits per heavy atom. The fraction of sp³-hybridized carbons (Fsp3) is 0. The van der Waals surface area contributed by atoms with Gasteiger partial charge in [0, 0.05) is 22.1 Å². The Bertz CT molecular complexity index is 2590. The van der Waals surface area contributed by atoms with Crippen molar-refractivity contribution >= 4 is 32.3 Å². The van der Waals surface area contributed by atoms with Crippen LogP contribution in [0.5, 0.6) is 0 Å². The van der Waals surface area contributed by atoms with Crippen LogP contribution in [0.3, 0.4) is 0 Å². The van der Waals surface area contributed by atoms with Gasteiger partial charge in [-0.1, -0.05) is 170 Å². The third kappa shape index (κ3) is 4.90. The minimum atomic E-state index is 0.642. The summed E-state index contributed by atoms with van der Waals surface area (Å²) in [7, 11) is 0. The molecule has 0 N–H and O–H groups in total. The van der Waals surface area contributed by atoms with E-state index in [4.69, 9.17) is 15.0 Å². The predicted octanol–water partition coefficient (Wildman–Crippen LogP) is 11.7. The van der Waals surface area contributed by atoms with Crippen molar-refractivity contribution in [2.75, 3.05) is 0 Å². The topological polar surface area (TPSA) is 38.7 Å². The SMILES string of the molecule is c1ccc(-c2ccc(-c3ccccc3-c3nc(-c4ccccc4)nc(-c4c5ccccc5cc5ccc6ccccc6c45)n3)cc2)cc1. The molecular formula is C45H29N3. The lowest BCUT2D eigenvalue weighted by Crippen LogP contribution is -2.02. The van der Waals surface area contributed by atoms with Gasteiger partial charge < -0.3 is 0 Å². The molecule has 0 saturated carbocycles. The van der Waals surface area contributed by atoms with Crippen LogP contribution < -0.4 is 0 Å². The standard InChI is InChI=1S/C45H29N3/c1-3-13-30(14-4-1)31-23-25-33(26-24-31)37-19-11-12-22-40(37)44-46-43(34-16-5-2-6-17-34)47-45(48-44)42-39-21-10-8-18-35(39)29-36-28-27-32-15-7-9-20-38(32)41(36)42/h1-29H. The fourth-order valence-corrected chi connectivity index (χ4v) is 6.80. The molecule has 0 saturated heterocycles. The van der Waals surface area contributed by atoms with Crippen LogP contribution in [-0.4, -0.2) is 15.0 Å². The van der Waals surface area contributed by atoms with E-state index in [0.717, 1.165) is 49.4 Å². The van der Waals surface area contributed by atoms with Crippen LogP contribution in [0.4, 0.5) is 0 Å². The van der Waals surface area contributed by atoms with Gasteiger partial charge in [-0.05, 0) is 55.3 Å². The van der Waals surface area contributed by atoms with Crippen molar-refractivity contribution in [3.8, 4) is 56.4 Å². The number of hydrogen-bond donors (Lipinski definition) is 0. The number of fused-ring (bicyclic) bond motifs is 4. The summed E-state index contributed by atoms with van der Waals surface area (Å²) in [5, 5.41) is 6.93. The summed E-state index contributed by atoms with van der Waals surface area (Å²) in [4.78, 5) is 15.7. The summed E-state index contributed by atoms with van der Waals surface area (Å²) in [6.07, 6.45) is 0. The van der Waals surface area contributed by atoms with Gasteiger partial charge in [0.05, 0.1) is 0 Å². The maximum atomic E-state index is 5.34. The van der Waals surface area contributed by atoms with E-state index in [2.05, 4.69) is 152 Å². The molecular weight excluding hydrogens is 583 g/mol. The normalized spacial score (nSPS) is 11.3. The monoisotopic (exact) mass is 611 g/mol. The molecule has 0 unspecified atom stereocenters. The molecule has 0 radical (unpaired) electrons. The van der Waals surface area contributed by atoms with Gasteiger partial charge in [-0.15, -0.1) is 0 Å². The van der Waals surface area contributed by atoms with E-state index in [1.807, 2.05) is 24.3 Å². The Hall–Kier alpha value is -6.45. The quantitative estimate of drug-likeness (QED) is 0.144. The van der Waals surface area contributed by atoms with Gasteiger partial charge in [-0.25, -0.2) is 15.0 Å².